The summed E-state index contributed by atoms with van der Waals surface area (Å²) in [6.45, 7) is 5.60. The van der Waals surface area contributed by atoms with Gasteiger partial charge in [0.15, 0.2) is 0 Å². The molecule has 1 N–H and O–H groups in total. The van der Waals surface area contributed by atoms with Gasteiger partial charge in [0.2, 0.25) is 0 Å². The van der Waals surface area contributed by atoms with Gasteiger partial charge < -0.3 is 14.6 Å². The molecule has 0 bridgehead atoms. The van der Waals surface area contributed by atoms with Gasteiger partial charge in [0.25, 0.3) is 0 Å². The van der Waals surface area contributed by atoms with Crippen molar-refractivity contribution in [2.75, 3.05) is 19.8 Å². The summed E-state index contributed by atoms with van der Waals surface area (Å²) in [6, 6.07) is 0. The third-order valence-electron chi connectivity index (χ3n) is 1.60. The van der Waals surface area contributed by atoms with E-state index in [1.54, 1.807) is 0 Å². The molecule has 1 atom stereocenters. The van der Waals surface area contributed by atoms with Crippen LogP contribution in [0.5, 0.6) is 0 Å². The van der Waals surface area contributed by atoms with Crippen molar-refractivity contribution >= 4 is 5.97 Å². The van der Waals surface area contributed by atoms with E-state index < -0.39 is 5.97 Å². The molecule has 13 heavy (non-hydrogen) atoms. The van der Waals surface area contributed by atoms with Crippen LogP contribution in [0.25, 0.3) is 0 Å². The van der Waals surface area contributed by atoms with Gasteiger partial charge in [-0.2, -0.15) is 0 Å². The molecule has 0 aliphatic rings. The fourth-order valence-electron chi connectivity index (χ4n) is 0.863. The van der Waals surface area contributed by atoms with Gasteiger partial charge in [-0.1, -0.05) is 0 Å². The molecule has 0 aromatic carbocycles. The summed E-state index contributed by atoms with van der Waals surface area (Å²) in [5.74, 6) is -0.778. The van der Waals surface area contributed by atoms with Crippen molar-refractivity contribution in [2.45, 2.75) is 32.8 Å². The smallest absolute Gasteiger partial charge is 0.303 e. The summed E-state index contributed by atoms with van der Waals surface area (Å²) in [5.41, 5.74) is 0. The molecule has 0 heterocycles. The van der Waals surface area contributed by atoms with Crippen LogP contribution in [-0.2, 0) is 14.3 Å². The molecule has 4 heteroatoms. The molecule has 0 rings (SSSR count). The Balaban J connectivity index is 3.19. The summed E-state index contributed by atoms with van der Waals surface area (Å²) in [5, 5.41) is 8.39. The lowest BCUT2D eigenvalue weighted by Gasteiger charge is -2.11. The van der Waals surface area contributed by atoms with E-state index in [0.717, 1.165) is 0 Å². The lowest BCUT2D eigenvalue weighted by molar-refractivity contribution is -0.137. The van der Waals surface area contributed by atoms with Gasteiger partial charge in [0.05, 0.1) is 19.3 Å². The lowest BCUT2D eigenvalue weighted by Crippen LogP contribution is -2.14. The number of hydrogen-bond acceptors (Lipinski definition) is 3. The average Bonchev–Trinajstić information content (AvgIpc) is 2.09. The molecule has 0 radical (unpaired) electrons. The first-order valence-electron chi connectivity index (χ1n) is 4.58. The van der Waals surface area contributed by atoms with Crippen LogP contribution >= 0.6 is 0 Å². The van der Waals surface area contributed by atoms with Crippen molar-refractivity contribution in [3.63, 3.8) is 0 Å². The van der Waals surface area contributed by atoms with Crippen molar-refractivity contribution < 1.29 is 19.4 Å². The number of aliphatic carboxylic acids is 1. The fourth-order valence-corrected chi connectivity index (χ4v) is 0.863. The Labute approximate surface area is 78.8 Å². The first-order chi connectivity index (χ1) is 6.16. The third-order valence-corrected chi connectivity index (χ3v) is 1.60. The van der Waals surface area contributed by atoms with E-state index in [9.17, 15) is 4.79 Å². The summed E-state index contributed by atoms with van der Waals surface area (Å²) in [7, 11) is 0. The molecule has 0 aromatic rings. The number of hydrogen-bond donors (Lipinski definition) is 1. The standard InChI is InChI=1S/C9H18O4/c1-3-12-6-7-13-8(2)4-5-9(10)11/h8H,3-7H2,1-2H3,(H,10,11). The summed E-state index contributed by atoms with van der Waals surface area (Å²) < 4.78 is 10.4. The summed E-state index contributed by atoms with van der Waals surface area (Å²) in [6.07, 6.45) is 0.716. The number of carbonyl (C=O) groups is 1. The highest BCUT2D eigenvalue weighted by atomic mass is 16.5. The Morgan fingerprint density at radius 1 is 1.46 bits per heavy atom. The molecule has 0 saturated heterocycles. The molecule has 0 spiro atoms. The molecule has 78 valence electrons. The van der Waals surface area contributed by atoms with Gasteiger partial charge in [-0.15, -0.1) is 0 Å². The highest BCUT2D eigenvalue weighted by molar-refractivity contribution is 5.66. The van der Waals surface area contributed by atoms with Crippen LogP contribution in [-0.4, -0.2) is 37.0 Å². The highest BCUT2D eigenvalue weighted by Gasteiger charge is 2.04. The molecule has 4 nitrogen and oxygen atoms in total. The molecule has 0 fully saturated rings. The molecule has 0 aliphatic carbocycles. The van der Waals surface area contributed by atoms with Crippen LogP contribution in [0.15, 0.2) is 0 Å². The Kier molecular flexibility index (Phi) is 7.63. The maximum Gasteiger partial charge on any atom is 0.303 e. The summed E-state index contributed by atoms with van der Waals surface area (Å²) >= 11 is 0. The molecule has 1 unspecified atom stereocenters. The Morgan fingerprint density at radius 3 is 2.69 bits per heavy atom. The molecular weight excluding hydrogens is 172 g/mol. The second-order valence-electron chi connectivity index (χ2n) is 2.81. The minimum atomic E-state index is -0.778. The quantitative estimate of drug-likeness (QED) is 0.586. The average molecular weight is 190 g/mol. The van der Waals surface area contributed by atoms with Crippen LogP contribution in [0, 0.1) is 0 Å². The Morgan fingerprint density at radius 2 is 2.15 bits per heavy atom. The van der Waals surface area contributed by atoms with Gasteiger partial charge in [-0.25, -0.2) is 0 Å². The van der Waals surface area contributed by atoms with Gasteiger partial charge >= 0.3 is 5.97 Å². The minimum absolute atomic E-state index is 0.00319. The minimum Gasteiger partial charge on any atom is -0.481 e. The largest absolute Gasteiger partial charge is 0.481 e. The van der Waals surface area contributed by atoms with Crippen molar-refractivity contribution in [3.05, 3.63) is 0 Å². The maximum absolute atomic E-state index is 10.2. The molecule has 0 amide bonds. The van der Waals surface area contributed by atoms with Crippen LogP contribution in [0.4, 0.5) is 0 Å². The van der Waals surface area contributed by atoms with Crippen LogP contribution in [0.1, 0.15) is 26.7 Å². The Hall–Kier alpha value is -0.610. The SMILES string of the molecule is CCOCCOC(C)CCC(=O)O. The lowest BCUT2D eigenvalue weighted by atomic mass is 10.2. The predicted octanol–water partition coefficient (Wildman–Crippen LogP) is 1.29. The van der Waals surface area contributed by atoms with Gasteiger partial charge in [0.1, 0.15) is 0 Å². The van der Waals surface area contributed by atoms with E-state index in [-0.39, 0.29) is 12.5 Å². The number of ether oxygens (including phenoxy) is 2. The third kappa shape index (κ3) is 9.30. The van der Waals surface area contributed by atoms with Crippen molar-refractivity contribution in [1.29, 1.82) is 0 Å². The van der Waals surface area contributed by atoms with Gasteiger partial charge in [0, 0.05) is 13.0 Å². The molecular formula is C9H18O4. The monoisotopic (exact) mass is 190 g/mol. The maximum atomic E-state index is 10.2. The normalized spacial score (nSPS) is 12.8. The predicted molar refractivity (Wildman–Crippen MR) is 48.8 cm³/mol. The topological polar surface area (TPSA) is 55.8 Å². The molecule has 0 aromatic heterocycles. The van der Waals surface area contributed by atoms with Gasteiger partial charge in [-0.05, 0) is 20.3 Å². The van der Waals surface area contributed by atoms with Crippen molar-refractivity contribution in [2.24, 2.45) is 0 Å². The van der Waals surface area contributed by atoms with Crippen LogP contribution < -0.4 is 0 Å². The number of rotatable bonds is 8. The fraction of sp³-hybridized carbons (Fsp3) is 0.889. The first kappa shape index (κ1) is 12.4. The van der Waals surface area contributed by atoms with E-state index in [1.807, 2.05) is 13.8 Å². The first-order valence-corrected chi connectivity index (χ1v) is 4.58. The highest BCUT2D eigenvalue weighted by Crippen LogP contribution is 2.00. The van der Waals surface area contributed by atoms with Crippen molar-refractivity contribution in [1.82, 2.24) is 0 Å². The van der Waals surface area contributed by atoms with E-state index >= 15 is 0 Å². The number of carboxylic acids is 1. The van der Waals surface area contributed by atoms with E-state index in [2.05, 4.69) is 0 Å². The number of carboxylic acid groups (broad SMARTS) is 1. The zero-order chi connectivity index (χ0) is 10.1. The van der Waals surface area contributed by atoms with Crippen LogP contribution in [0.3, 0.4) is 0 Å². The summed E-state index contributed by atoms with van der Waals surface area (Å²) in [4.78, 5) is 10.2. The second kappa shape index (κ2) is 8.01. The van der Waals surface area contributed by atoms with E-state index in [1.165, 1.54) is 0 Å². The molecule has 0 aliphatic heterocycles. The van der Waals surface area contributed by atoms with E-state index in [4.69, 9.17) is 14.6 Å². The Bertz CT molecular complexity index is 136. The van der Waals surface area contributed by atoms with Crippen molar-refractivity contribution in [3.8, 4) is 0 Å². The zero-order valence-electron chi connectivity index (χ0n) is 8.28. The molecule has 0 saturated carbocycles. The zero-order valence-corrected chi connectivity index (χ0v) is 8.28. The van der Waals surface area contributed by atoms with Crippen LogP contribution in [0.2, 0.25) is 0 Å². The van der Waals surface area contributed by atoms with Gasteiger partial charge in [-0.3, -0.25) is 4.79 Å². The second-order valence-corrected chi connectivity index (χ2v) is 2.81. The van der Waals surface area contributed by atoms with E-state index in [0.29, 0.717) is 26.2 Å².